The van der Waals surface area contributed by atoms with Crippen molar-refractivity contribution in [1.29, 1.82) is 0 Å². The lowest BCUT2D eigenvalue weighted by atomic mass is 9.90. The SMILES string of the molecule is CC(=O)O[C@H](c1cc(Br)c(CCCCCCO)o1)[C@H](Cc1ccccc1)C(=O)N1C(=O)OC[C@@H]1C(C)C. The van der Waals surface area contributed by atoms with Gasteiger partial charge in [0.05, 0.1) is 16.4 Å². The Bertz CT molecular complexity index is 1050. The third-order valence-corrected chi connectivity index (χ3v) is 7.23. The molecule has 1 aromatic heterocycles. The van der Waals surface area contributed by atoms with Gasteiger partial charge in [0, 0.05) is 20.0 Å². The minimum absolute atomic E-state index is 0.00450. The fraction of sp³-hybridized carbons (Fsp3) is 0.536. The highest BCUT2D eigenvalue weighted by atomic mass is 79.9. The summed E-state index contributed by atoms with van der Waals surface area (Å²) in [6.07, 6.45) is 2.67. The number of ether oxygens (including phenoxy) is 2. The zero-order valence-corrected chi connectivity index (χ0v) is 23.2. The number of aliphatic hydroxyl groups excluding tert-OH is 1. The summed E-state index contributed by atoms with van der Waals surface area (Å²) in [6, 6.07) is 10.7. The van der Waals surface area contributed by atoms with Crippen LogP contribution in [0.15, 0.2) is 45.3 Å². The first-order valence-electron chi connectivity index (χ1n) is 12.8. The summed E-state index contributed by atoms with van der Waals surface area (Å²) in [5.74, 6) is -0.894. The number of hydrogen-bond acceptors (Lipinski definition) is 7. The number of amides is 2. The minimum atomic E-state index is -1.04. The van der Waals surface area contributed by atoms with Crippen LogP contribution in [0, 0.1) is 11.8 Å². The number of aliphatic hydroxyl groups is 1. The van der Waals surface area contributed by atoms with Crippen molar-refractivity contribution in [3.63, 3.8) is 0 Å². The van der Waals surface area contributed by atoms with E-state index in [0.29, 0.717) is 17.9 Å². The number of benzene rings is 1. The van der Waals surface area contributed by atoms with Gasteiger partial charge >= 0.3 is 12.1 Å². The van der Waals surface area contributed by atoms with Crippen LogP contribution < -0.4 is 0 Å². The van der Waals surface area contributed by atoms with Gasteiger partial charge in [0.25, 0.3) is 0 Å². The Morgan fingerprint density at radius 3 is 2.51 bits per heavy atom. The molecule has 1 aliphatic rings. The highest BCUT2D eigenvalue weighted by Gasteiger charge is 2.46. The van der Waals surface area contributed by atoms with E-state index in [1.807, 2.05) is 44.2 Å². The predicted octanol–water partition coefficient (Wildman–Crippen LogP) is 5.60. The van der Waals surface area contributed by atoms with Crippen molar-refractivity contribution < 1.29 is 33.4 Å². The van der Waals surface area contributed by atoms with Crippen molar-refractivity contribution in [2.45, 2.75) is 71.4 Å². The zero-order chi connectivity index (χ0) is 26.9. The number of rotatable bonds is 13. The van der Waals surface area contributed by atoms with Crippen LogP contribution in [0.25, 0.3) is 0 Å². The molecule has 3 atom stereocenters. The zero-order valence-electron chi connectivity index (χ0n) is 21.7. The molecule has 0 radical (unpaired) electrons. The van der Waals surface area contributed by atoms with E-state index in [4.69, 9.17) is 19.0 Å². The van der Waals surface area contributed by atoms with Crippen LogP contribution in [0.2, 0.25) is 0 Å². The maximum Gasteiger partial charge on any atom is 0.416 e. The molecule has 2 heterocycles. The molecule has 37 heavy (non-hydrogen) atoms. The molecular formula is C28H36BrNO7. The van der Waals surface area contributed by atoms with Gasteiger partial charge in [-0.3, -0.25) is 9.59 Å². The normalized spacial score (nSPS) is 17.1. The Balaban J connectivity index is 1.95. The van der Waals surface area contributed by atoms with E-state index in [1.165, 1.54) is 11.8 Å². The smallest absolute Gasteiger partial charge is 0.416 e. The molecule has 0 unspecified atom stereocenters. The second-order valence-corrected chi connectivity index (χ2v) is 10.6. The van der Waals surface area contributed by atoms with Gasteiger partial charge in [-0.05, 0) is 52.7 Å². The van der Waals surface area contributed by atoms with Crippen molar-refractivity contribution in [2.24, 2.45) is 11.8 Å². The highest BCUT2D eigenvalue weighted by Crippen LogP contribution is 2.37. The van der Waals surface area contributed by atoms with Crippen molar-refractivity contribution >= 4 is 33.9 Å². The van der Waals surface area contributed by atoms with Crippen LogP contribution in [-0.4, -0.2) is 47.2 Å². The van der Waals surface area contributed by atoms with E-state index in [9.17, 15) is 14.4 Å². The number of carbonyl (C=O) groups excluding carboxylic acids is 3. The summed E-state index contributed by atoms with van der Waals surface area (Å²) in [5, 5.41) is 8.98. The maximum atomic E-state index is 14.0. The molecule has 0 saturated carbocycles. The second-order valence-electron chi connectivity index (χ2n) is 9.73. The Kier molecular flexibility index (Phi) is 10.8. The lowest BCUT2D eigenvalue weighted by molar-refractivity contribution is -0.155. The number of halogens is 1. The number of unbranched alkanes of at least 4 members (excludes halogenated alkanes) is 3. The first-order valence-corrected chi connectivity index (χ1v) is 13.6. The van der Waals surface area contributed by atoms with E-state index in [-0.39, 0.29) is 25.6 Å². The molecule has 1 aliphatic heterocycles. The number of nitrogens with zero attached hydrogens (tertiary/aromatic N) is 1. The number of imide groups is 1. The average molecular weight is 579 g/mol. The number of cyclic esters (lactones) is 1. The first kappa shape index (κ1) is 28.9. The van der Waals surface area contributed by atoms with Crippen molar-refractivity contribution in [2.75, 3.05) is 13.2 Å². The van der Waals surface area contributed by atoms with E-state index in [0.717, 1.165) is 35.7 Å². The molecule has 1 fully saturated rings. The molecule has 1 saturated heterocycles. The van der Waals surface area contributed by atoms with Gasteiger partial charge < -0.3 is 19.0 Å². The molecule has 0 bridgehead atoms. The summed E-state index contributed by atoms with van der Waals surface area (Å²) in [4.78, 5) is 40.0. The summed E-state index contributed by atoms with van der Waals surface area (Å²) < 4.78 is 17.8. The molecule has 1 aromatic carbocycles. The Labute approximate surface area is 226 Å². The monoisotopic (exact) mass is 577 g/mol. The molecule has 1 N–H and O–H groups in total. The number of hydrogen-bond donors (Lipinski definition) is 1. The van der Waals surface area contributed by atoms with Gasteiger partial charge in [0.2, 0.25) is 5.91 Å². The first-order chi connectivity index (χ1) is 17.7. The highest BCUT2D eigenvalue weighted by molar-refractivity contribution is 9.10. The topological polar surface area (TPSA) is 106 Å². The second kappa shape index (κ2) is 13.8. The fourth-order valence-corrected chi connectivity index (χ4v) is 5.06. The molecule has 9 heteroatoms. The molecule has 0 spiro atoms. The maximum absolute atomic E-state index is 14.0. The summed E-state index contributed by atoms with van der Waals surface area (Å²) in [5.41, 5.74) is 0.862. The van der Waals surface area contributed by atoms with Gasteiger partial charge in [0.1, 0.15) is 18.1 Å². The van der Waals surface area contributed by atoms with Crippen LogP contribution >= 0.6 is 15.9 Å². The molecule has 2 amide bonds. The molecule has 0 aliphatic carbocycles. The van der Waals surface area contributed by atoms with Gasteiger partial charge in [-0.25, -0.2) is 9.69 Å². The average Bonchev–Trinajstić information content (AvgIpc) is 3.43. The minimum Gasteiger partial charge on any atom is -0.461 e. The largest absolute Gasteiger partial charge is 0.461 e. The van der Waals surface area contributed by atoms with Crippen LogP contribution in [0.1, 0.15) is 69.6 Å². The van der Waals surface area contributed by atoms with Gasteiger partial charge in [-0.1, -0.05) is 57.0 Å². The Morgan fingerprint density at radius 1 is 1.16 bits per heavy atom. The number of esters is 1. The molecule has 3 rings (SSSR count). The van der Waals surface area contributed by atoms with E-state index < -0.39 is 36.0 Å². The van der Waals surface area contributed by atoms with Gasteiger partial charge in [-0.2, -0.15) is 0 Å². The Hall–Kier alpha value is -2.65. The third-order valence-electron chi connectivity index (χ3n) is 6.56. The summed E-state index contributed by atoms with van der Waals surface area (Å²) in [7, 11) is 0. The molecule has 2 aromatic rings. The van der Waals surface area contributed by atoms with Gasteiger partial charge in [0.15, 0.2) is 6.10 Å². The van der Waals surface area contributed by atoms with Crippen molar-refractivity contribution in [1.82, 2.24) is 4.90 Å². The lowest BCUT2D eigenvalue weighted by Gasteiger charge is -2.30. The number of furan rings is 1. The van der Waals surface area contributed by atoms with Crippen LogP contribution in [0.5, 0.6) is 0 Å². The van der Waals surface area contributed by atoms with E-state index in [1.54, 1.807) is 6.07 Å². The summed E-state index contributed by atoms with van der Waals surface area (Å²) >= 11 is 3.55. The van der Waals surface area contributed by atoms with Crippen LogP contribution in [0.3, 0.4) is 0 Å². The molecular weight excluding hydrogens is 542 g/mol. The molecule has 8 nitrogen and oxygen atoms in total. The quantitative estimate of drug-likeness (QED) is 0.244. The van der Waals surface area contributed by atoms with Crippen LogP contribution in [-0.2, 0) is 31.9 Å². The lowest BCUT2D eigenvalue weighted by Crippen LogP contribution is -2.47. The predicted molar refractivity (Wildman–Crippen MR) is 141 cm³/mol. The standard InChI is InChI=1S/C28H36BrNO7/c1-18(2)23-17-35-28(34)30(23)27(33)21(15-20-11-7-6-8-12-20)26(36-19(3)32)25-16-22(29)24(37-25)13-9-4-5-10-14-31/h6-8,11-12,16,18,21,23,26,31H,4-5,9-10,13-15,17H2,1-3H3/t21-,23+,26-/m0/s1. The van der Waals surface area contributed by atoms with Gasteiger partial charge in [-0.15, -0.1) is 0 Å². The van der Waals surface area contributed by atoms with Crippen molar-refractivity contribution in [3.05, 3.63) is 58.0 Å². The van der Waals surface area contributed by atoms with E-state index >= 15 is 0 Å². The fourth-order valence-electron chi connectivity index (χ4n) is 4.56. The third kappa shape index (κ3) is 7.68. The number of carbonyl (C=O) groups is 3. The van der Waals surface area contributed by atoms with E-state index in [2.05, 4.69) is 15.9 Å². The number of aryl methyl sites for hydroxylation is 1. The molecule has 202 valence electrons. The summed E-state index contributed by atoms with van der Waals surface area (Å²) in [6.45, 7) is 5.46. The Morgan fingerprint density at radius 2 is 1.86 bits per heavy atom. The van der Waals surface area contributed by atoms with Crippen LogP contribution in [0.4, 0.5) is 4.79 Å². The van der Waals surface area contributed by atoms with Crippen molar-refractivity contribution in [3.8, 4) is 0 Å².